The van der Waals surface area contributed by atoms with Gasteiger partial charge in [-0.3, -0.25) is 0 Å². The molecule has 0 fully saturated rings. The van der Waals surface area contributed by atoms with Crippen LogP contribution in [0.15, 0.2) is 48.0 Å². The van der Waals surface area contributed by atoms with Crippen molar-refractivity contribution in [1.82, 2.24) is 9.55 Å². The lowest BCUT2D eigenvalue weighted by Crippen LogP contribution is -2.09. The van der Waals surface area contributed by atoms with Crippen LogP contribution in [-0.4, -0.2) is 15.5 Å². The van der Waals surface area contributed by atoms with E-state index in [1.165, 1.54) is 16.9 Å². The molecule has 0 radical (unpaired) electrons. The molecule has 3 aromatic rings. The molecule has 0 aliphatic heterocycles. The Balaban J connectivity index is 1.58. The number of nitrogens with zero attached hydrogens (tertiary/aromatic N) is 2. The van der Waals surface area contributed by atoms with Gasteiger partial charge in [-0.15, -0.1) is 11.3 Å². The molecule has 0 bridgehead atoms. The van der Waals surface area contributed by atoms with Crippen molar-refractivity contribution in [3.05, 3.63) is 64.9 Å². The van der Waals surface area contributed by atoms with Crippen molar-refractivity contribution in [2.24, 2.45) is 7.05 Å². The fraction of sp³-hybridized carbons (Fsp3) is 0.176. The maximum absolute atomic E-state index is 11.9. The minimum Gasteiger partial charge on any atom is -0.454 e. The van der Waals surface area contributed by atoms with Crippen LogP contribution in [0.4, 0.5) is 10.8 Å². The number of carbonyl (C=O) groups excluding carboxylic acids is 1. The van der Waals surface area contributed by atoms with Crippen LogP contribution in [0.5, 0.6) is 0 Å². The standard InChI is InChI=1S/C17H17N3O2S/c1-12-5-7-13(8-6-12)18-17-19-14(11-23-17)10-22-16(21)15-4-3-9-20(15)2/h3-9,11H,10H2,1-2H3,(H,18,19). The highest BCUT2D eigenvalue weighted by Crippen LogP contribution is 2.21. The Morgan fingerprint density at radius 2 is 2.09 bits per heavy atom. The van der Waals surface area contributed by atoms with E-state index in [1.807, 2.05) is 55.9 Å². The largest absolute Gasteiger partial charge is 0.454 e. The van der Waals surface area contributed by atoms with Gasteiger partial charge in [0.25, 0.3) is 0 Å². The minimum atomic E-state index is -0.349. The molecule has 0 amide bonds. The van der Waals surface area contributed by atoms with Crippen molar-refractivity contribution in [1.29, 1.82) is 0 Å². The van der Waals surface area contributed by atoms with Crippen LogP contribution in [0.3, 0.4) is 0 Å². The summed E-state index contributed by atoms with van der Waals surface area (Å²) in [4.78, 5) is 16.4. The van der Waals surface area contributed by atoms with Crippen molar-refractivity contribution in [3.63, 3.8) is 0 Å². The van der Waals surface area contributed by atoms with Crippen LogP contribution in [0.2, 0.25) is 0 Å². The molecule has 118 valence electrons. The number of hydrogen-bond donors (Lipinski definition) is 1. The predicted molar refractivity (Wildman–Crippen MR) is 91.1 cm³/mol. The van der Waals surface area contributed by atoms with Gasteiger partial charge in [-0.05, 0) is 31.2 Å². The third-order valence-corrected chi connectivity index (χ3v) is 4.17. The van der Waals surface area contributed by atoms with E-state index in [4.69, 9.17) is 4.74 Å². The van der Waals surface area contributed by atoms with E-state index in [-0.39, 0.29) is 12.6 Å². The Hall–Kier alpha value is -2.60. The third kappa shape index (κ3) is 3.78. The first kappa shape index (κ1) is 15.3. The molecule has 5 nitrogen and oxygen atoms in total. The van der Waals surface area contributed by atoms with Crippen molar-refractivity contribution in [3.8, 4) is 0 Å². The molecule has 0 aliphatic rings. The number of nitrogens with one attached hydrogen (secondary N) is 1. The normalized spacial score (nSPS) is 10.5. The Bertz CT molecular complexity index is 805. The van der Waals surface area contributed by atoms with Gasteiger partial charge in [-0.25, -0.2) is 9.78 Å². The molecule has 0 saturated carbocycles. The summed E-state index contributed by atoms with van der Waals surface area (Å²) in [7, 11) is 1.81. The van der Waals surface area contributed by atoms with Crippen molar-refractivity contribution in [2.45, 2.75) is 13.5 Å². The summed E-state index contributed by atoms with van der Waals surface area (Å²) >= 11 is 1.48. The number of ether oxygens (including phenoxy) is 1. The lowest BCUT2D eigenvalue weighted by atomic mass is 10.2. The number of carbonyl (C=O) groups is 1. The van der Waals surface area contributed by atoms with E-state index in [1.54, 1.807) is 10.6 Å². The molecule has 23 heavy (non-hydrogen) atoms. The van der Waals surface area contributed by atoms with Gasteiger partial charge >= 0.3 is 5.97 Å². The number of thiazole rings is 1. The van der Waals surface area contributed by atoms with Crippen LogP contribution < -0.4 is 5.32 Å². The van der Waals surface area contributed by atoms with E-state index in [0.717, 1.165) is 16.5 Å². The van der Waals surface area contributed by atoms with Crippen LogP contribution in [0.25, 0.3) is 0 Å². The first-order valence-electron chi connectivity index (χ1n) is 7.18. The van der Waals surface area contributed by atoms with Gasteiger partial charge in [0.05, 0.1) is 5.69 Å². The maximum Gasteiger partial charge on any atom is 0.355 e. The van der Waals surface area contributed by atoms with Crippen molar-refractivity contribution in [2.75, 3.05) is 5.32 Å². The molecular weight excluding hydrogens is 310 g/mol. The fourth-order valence-corrected chi connectivity index (χ4v) is 2.79. The molecule has 2 aromatic heterocycles. The lowest BCUT2D eigenvalue weighted by molar-refractivity contribution is 0.0457. The molecular formula is C17H17N3O2S. The first-order chi connectivity index (χ1) is 11.1. The molecule has 0 atom stereocenters. The van der Waals surface area contributed by atoms with E-state index in [2.05, 4.69) is 10.3 Å². The van der Waals surface area contributed by atoms with E-state index < -0.39 is 0 Å². The second-order valence-corrected chi connectivity index (χ2v) is 6.07. The maximum atomic E-state index is 11.9. The summed E-state index contributed by atoms with van der Waals surface area (Å²) in [6, 6.07) is 11.6. The summed E-state index contributed by atoms with van der Waals surface area (Å²) in [6.07, 6.45) is 1.81. The Kier molecular flexibility index (Phi) is 4.43. The zero-order valence-corrected chi connectivity index (χ0v) is 13.8. The number of esters is 1. The Morgan fingerprint density at radius 1 is 1.30 bits per heavy atom. The number of benzene rings is 1. The highest BCUT2D eigenvalue weighted by Gasteiger charge is 2.11. The smallest absolute Gasteiger partial charge is 0.355 e. The first-order valence-corrected chi connectivity index (χ1v) is 8.06. The number of aryl methyl sites for hydroxylation is 2. The SMILES string of the molecule is Cc1ccc(Nc2nc(COC(=O)c3cccn3C)cs2)cc1. The van der Waals surface area contributed by atoms with Crippen LogP contribution in [0, 0.1) is 6.92 Å². The molecule has 1 N–H and O–H groups in total. The predicted octanol–water partition coefficient (Wildman–Crippen LogP) is 3.89. The molecule has 0 unspecified atom stereocenters. The molecule has 0 aliphatic carbocycles. The van der Waals surface area contributed by atoms with Gasteiger partial charge in [0, 0.05) is 24.3 Å². The number of rotatable bonds is 5. The van der Waals surface area contributed by atoms with E-state index >= 15 is 0 Å². The average Bonchev–Trinajstić information content (AvgIpc) is 3.16. The highest BCUT2D eigenvalue weighted by atomic mass is 32.1. The fourth-order valence-electron chi connectivity index (χ4n) is 2.08. The number of hydrogen-bond acceptors (Lipinski definition) is 5. The van der Waals surface area contributed by atoms with Gasteiger partial charge in [0.2, 0.25) is 0 Å². The molecule has 2 heterocycles. The third-order valence-electron chi connectivity index (χ3n) is 3.36. The molecule has 6 heteroatoms. The summed E-state index contributed by atoms with van der Waals surface area (Å²) in [5.74, 6) is -0.349. The van der Waals surface area contributed by atoms with Crippen molar-refractivity contribution < 1.29 is 9.53 Å². The van der Waals surface area contributed by atoms with Crippen LogP contribution in [0.1, 0.15) is 21.7 Å². The Morgan fingerprint density at radius 3 is 2.78 bits per heavy atom. The molecule has 1 aromatic carbocycles. The summed E-state index contributed by atoms with van der Waals surface area (Å²) in [6.45, 7) is 2.21. The van der Waals surface area contributed by atoms with Gasteiger partial charge in [0.15, 0.2) is 5.13 Å². The molecule has 3 rings (SSSR count). The zero-order chi connectivity index (χ0) is 16.2. The quantitative estimate of drug-likeness (QED) is 0.722. The van der Waals surface area contributed by atoms with Gasteiger partial charge in [0.1, 0.15) is 12.3 Å². The van der Waals surface area contributed by atoms with Crippen molar-refractivity contribution >= 4 is 28.1 Å². The molecule has 0 spiro atoms. The molecule has 0 saturated heterocycles. The van der Waals surface area contributed by atoms with Gasteiger partial charge in [-0.2, -0.15) is 0 Å². The summed E-state index contributed by atoms with van der Waals surface area (Å²) in [5.41, 5.74) is 3.45. The van der Waals surface area contributed by atoms with Crippen LogP contribution >= 0.6 is 11.3 Å². The summed E-state index contributed by atoms with van der Waals surface area (Å²) < 4.78 is 7.02. The van der Waals surface area contributed by atoms with Gasteiger partial charge in [-0.1, -0.05) is 17.7 Å². The number of aromatic nitrogens is 2. The topological polar surface area (TPSA) is 56.2 Å². The lowest BCUT2D eigenvalue weighted by Gasteiger charge is -2.04. The van der Waals surface area contributed by atoms with Crippen LogP contribution in [-0.2, 0) is 18.4 Å². The van der Waals surface area contributed by atoms with E-state index in [9.17, 15) is 4.79 Å². The minimum absolute atomic E-state index is 0.163. The monoisotopic (exact) mass is 327 g/mol. The number of anilines is 2. The average molecular weight is 327 g/mol. The Labute approximate surface area is 138 Å². The van der Waals surface area contributed by atoms with E-state index in [0.29, 0.717) is 5.69 Å². The zero-order valence-electron chi connectivity index (χ0n) is 12.9. The second kappa shape index (κ2) is 6.66. The second-order valence-electron chi connectivity index (χ2n) is 5.22. The highest BCUT2D eigenvalue weighted by molar-refractivity contribution is 7.13. The summed E-state index contributed by atoms with van der Waals surface area (Å²) in [5, 5.41) is 5.90. The van der Waals surface area contributed by atoms with Gasteiger partial charge < -0.3 is 14.6 Å².